The second kappa shape index (κ2) is 21.9. The van der Waals surface area contributed by atoms with E-state index in [1.807, 2.05) is 0 Å². The van der Waals surface area contributed by atoms with Gasteiger partial charge in [0.2, 0.25) is 0 Å². The molecule has 0 aromatic heterocycles. The highest BCUT2D eigenvalue weighted by Crippen LogP contribution is 2.21. The zero-order chi connectivity index (χ0) is 24.8. The predicted octanol–water partition coefficient (Wildman–Crippen LogP) is 10.6. The van der Waals surface area contributed by atoms with E-state index in [0.717, 1.165) is 5.25 Å². The van der Waals surface area contributed by atoms with Gasteiger partial charge in [0.05, 0.1) is 0 Å². The summed E-state index contributed by atoms with van der Waals surface area (Å²) in [5.74, 6) is 1.39. The molecule has 1 aromatic rings. The molecule has 0 radical (unpaired) electrons. The molecule has 0 nitrogen and oxygen atoms in total. The summed E-state index contributed by atoms with van der Waals surface area (Å²) in [5.41, 5.74) is 0. The molecule has 0 aliphatic rings. The van der Waals surface area contributed by atoms with Crippen molar-refractivity contribution in [1.82, 2.24) is 0 Å². The number of rotatable bonds is 19. The fraction of sp³-hybridized carbons (Fsp3) is 0.778. The molecule has 0 N–H and O–H groups in total. The number of benzene rings is 1. The maximum absolute atomic E-state index is 9.75. The molecule has 1 rings (SSSR count). The van der Waals surface area contributed by atoms with Crippen molar-refractivity contribution in [3.8, 4) is 0 Å². The van der Waals surface area contributed by atoms with Gasteiger partial charge in [-0.1, -0.05) is 115 Å². The minimum Gasteiger partial charge on any atom is -0.418 e. The molecule has 1 atom stereocenters. The Labute approximate surface area is 205 Å². The Hall–Kier alpha value is -0.645. The zero-order valence-corrected chi connectivity index (χ0v) is 22.3. The molecular formula is C27H49BF4S. The minimum absolute atomic E-state index is 0.443. The number of hydrogen-bond acceptors (Lipinski definition) is 0. The van der Waals surface area contributed by atoms with Gasteiger partial charge in [-0.25, -0.2) is 0 Å². The molecule has 6 heteroatoms. The first-order chi connectivity index (χ1) is 15.8. The molecule has 194 valence electrons. The van der Waals surface area contributed by atoms with Gasteiger partial charge in [-0.3, -0.25) is 0 Å². The van der Waals surface area contributed by atoms with Crippen LogP contribution in [0.25, 0.3) is 0 Å². The van der Waals surface area contributed by atoms with E-state index < -0.39 is 7.25 Å². The summed E-state index contributed by atoms with van der Waals surface area (Å²) in [6.07, 6.45) is 23.3. The molecule has 1 aromatic carbocycles. The molecule has 0 saturated heterocycles. The van der Waals surface area contributed by atoms with E-state index in [2.05, 4.69) is 51.1 Å². The summed E-state index contributed by atoms with van der Waals surface area (Å²) in [6, 6.07) is 11.2. The molecule has 0 amide bonds. The van der Waals surface area contributed by atoms with Crippen molar-refractivity contribution in [2.75, 3.05) is 5.75 Å². The van der Waals surface area contributed by atoms with Crippen LogP contribution in [0.15, 0.2) is 35.2 Å². The molecule has 0 fully saturated rings. The van der Waals surface area contributed by atoms with Gasteiger partial charge in [0.15, 0.2) is 4.90 Å². The van der Waals surface area contributed by atoms with Crippen LogP contribution in [0.4, 0.5) is 17.3 Å². The number of hydrogen-bond donors (Lipinski definition) is 0. The van der Waals surface area contributed by atoms with Crippen molar-refractivity contribution in [1.29, 1.82) is 0 Å². The zero-order valence-electron chi connectivity index (χ0n) is 21.5. The molecule has 0 spiro atoms. The lowest BCUT2D eigenvalue weighted by molar-refractivity contribution is 0.368. The van der Waals surface area contributed by atoms with Crippen molar-refractivity contribution in [2.24, 2.45) is 0 Å². The topological polar surface area (TPSA) is 0 Å². The van der Waals surface area contributed by atoms with Gasteiger partial charge < -0.3 is 17.3 Å². The maximum Gasteiger partial charge on any atom is 0.673 e. The van der Waals surface area contributed by atoms with Crippen molar-refractivity contribution in [3.63, 3.8) is 0 Å². The fourth-order valence-electron chi connectivity index (χ4n) is 4.03. The second-order valence-corrected chi connectivity index (χ2v) is 12.0. The largest absolute Gasteiger partial charge is 0.673 e. The third-order valence-electron chi connectivity index (χ3n) is 5.83. The van der Waals surface area contributed by atoms with Crippen LogP contribution in [0.3, 0.4) is 0 Å². The lowest BCUT2D eigenvalue weighted by Crippen LogP contribution is -2.19. The first kappa shape index (κ1) is 32.4. The van der Waals surface area contributed by atoms with E-state index in [0.29, 0.717) is 10.9 Å². The molecule has 0 aliphatic carbocycles. The minimum atomic E-state index is -6.00. The van der Waals surface area contributed by atoms with E-state index in [1.165, 1.54) is 108 Å². The van der Waals surface area contributed by atoms with Gasteiger partial charge in [0, 0.05) is 10.9 Å². The SMILES string of the molecule is CCCCCCCCCCCCCCCCCC[S+](c1ccccc1)C(C)C.F[B-](F)(F)F. The van der Waals surface area contributed by atoms with Gasteiger partial charge >= 0.3 is 7.25 Å². The molecule has 0 bridgehead atoms. The van der Waals surface area contributed by atoms with Gasteiger partial charge in [-0.15, -0.1) is 0 Å². The smallest absolute Gasteiger partial charge is 0.418 e. The summed E-state index contributed by atoms with van der Waals surface area (Å²) in [7, 11) is -5.56. The predicted molar refractivity (Wildman–Crippen MR) is 142 cm³/mol. The quantitative estimate of drug-likeness (QED) is 0.0780. The molecule has 33 heavy (non-hydrogen) atoms. The highest BCUT2D eigenvalue weighted by atomic mass is 32.2. The van der Waals surface area contributed by atoms with Crippen molar-refractivity contribution in [2.45, 2.75) is 134 Å². The summed E-state index contributed by atoms with van der Waals surface area (Å²) in [5, 5.41) is 0.777. The van der Waals surface area contributed by atoms with Crippen LogP contribution >= 0.6 is 0 Å². The van der Waals surface area contributed by atoms with Gasteiger partial charge in [0.1, 0.15) is 11.0 Å². The van der Waals surface area contributed by atoms with E-state index in [9.17, 15) is 17.3 Å². The van der Waals surface area contributed by atoms with Crippen LogP contribution < -0.4 is 0 Å². The Balaban J connectivity index is 0.00000184. The second-order valence-electron chi connectivity index (χ2n) is 9.29. The average Bonchev–Trinajstić information content (AvgIpc) is 2.75. The molecule has 0 saturated carbocycles. The Bertz CT molecular complexity index is 517. The highest BCUT2D eigenvalue weighted by molar-refractivity contribution is 7.97. The van der Waals surface area contributed by atoms with Crippen molar-refractivity contribution >= 4 is 18.1 Å². The maximum atomic E-state index is 9.75. The first-order valence-electron chi connectivity index (χ1n) is 13.4. The number of halogens is 4. The van der Waals surface area contributed by atoms with Crippen LogP contribution in [0.5, 0.6) is 0 Å². The average molecular weight is 493 g/mol. The van der Waals surface area contributed by atoms with Crippen LogP contribution in [-0.4, -0.2) is 18.3 Å². The van der Waals surface area contributed by atoms with Crippen molar-refractivity contribution < 1.29 is 17.3 Å². The van der Waals surface area contributed by atoms with Gasteiger partial charge in [0.25, 0.3) is 0 Å². The summed E-state index contributed by atoms with van der Waals surface area (Å²) in [4.78, 5) is 1.57. The van der Waals surface area contributed by atoms with E-state index in [-0.39, 0.29) is 0 Å². The Morgan fingerprint density at radius 3 is 1.27 bits per heavy atom. The van der Waals surface area contributed by atoms with E-state index in [1.54, 1.807) is 4.90 Å². The highest BCUT2D eigenvalue weighted by Gasteiger charge is 2.24. The van der Waals surface area contributed by atoms with Crippen LogP contribution in [0.2, 0.25) is 0 Å². The Morgan fingerprint density at radius 2 is 0.939 bits per heavy atom. The molecular weight excluding hydrogens is 443 g/mol. The molecule has 0 heterocycles. The molecule has 1 unspecified atom stereocenters. The monoisotopic (exact) mass is 492 g/mol. The van der Waals surface area contributed by atoms with E-state index >= 15 is 0 Å². The Morgan fingerprint density at radius 1 is 0.606 bits per heavy atom. The summed E-state index contributed by atoms with van der Waals surface area (Å²) in [6.45, 7) is 7.08. The van der Waals surface area contributed by atoms with Gasteiger partial charge in [-0.2, -0.15) is 0 Å². The van der Waals surface area contributed by atoms with Gasteiger partial charge in [-0.05, 0) is 38.8 Å². The lowest BCUT2D eigenvalue weighted by atomic mass is 10.0. The standard InChI is InChI=1S/C27H49S.BF4/c1-4-5-6-7-8-9-10-11-12-13-14-15-16-17-18-22-25-28(26(2)3)27-23-20-19-21-24-27;2-1(3,4)5/h19-21,23-24,26H,4-18,22,25H2,1-3H3;/q+1;-1. The third kappa shape index (κ3) is 24.3. The van der Waals surface area contributed by atoms with Crippen LogP contribution in [0, 0.1) is 0 Å². The van der Waals surface area contributed by atoms with Crippen LogP contribution in [-0.2, 0) is 10.9 Å². The number of unbranched alkanes of at least 4 members (excludes halogenated alkanes) is 15. The van der Waals surface area contributed by atoms with Crippen molar-refractivity contribution in [3.05, 3.63) is 30.3 Å². The Kier molecular flexibility index (Phi) is 21.4. The normalized spacial score (nSPS) is 12.5. The fourth-order valence-corrected chi connectivity index (χ4v) is 6.30. The van der Waals surface area contributed by atoms with E-state index in [4.69, 9.17) is 0 Å². The first-order valence-corrected chi connectivity index (χ1v) is 14.8. The third-order valence-corrected chi connectivity index (χ3v) is 8.58. The summed E-state index contributed by atoms with van der Waals surface area (Å²) < 4.78 is 39.0. The summed E-state index contributed by atoms with van der Waals surface area (Å²) >= 11 is 0. The van der Waals surface area contributed by atoms with Crippen LogP contribution in [0.1, 0.15) is 124 Å². The lowest BCUT2D eigenvalue weighted by Gasteiger charge is -2.11. The molecule has 0 aliphatic heterocycles.